The van der Waals surface area contributed by atoms with Crippen LogP contribution in [-0.4, -0.2) is 5.84 Å². The number of hydrogen-bond donors (Lipinski definition) is 2. The minimum Gasteiger partial charge on any atom is -0.486 e. The van der Waals surface area contributed by atoms with Gasteiger partial charge in [-0.1, -0.05) is 30.3 Å². The second kappa shape index (κ2) is 5.48. The average molecular weight is 262 g/mol. The van der Waals surface area contributed by atoms with E-state index in [1.165, 1.54) is 12.1 Å². The maximum absolute atomic E-state index is 13.4. The van der Waals surface area contributed by atoms with Crippen LogP contribution in [0.1, 0.15) is 11.1 Å². The number of nitrogens with two attached hydrogens (primary N) is 1. The summed E-state index contributed by atoms with van der Waals surface area (Å²) in [4.78, 5) is 0. The quantitative estimate of drug-likeness (QED) is 0.657. The predicted molar refractivity (Wildman–Crippen MR) is 68.1 cm³/mol. The van der Waals surface area contributed by atoms with E-state index in [0.29, 0.717) is 11.1 Å². The molecule has 2 aromatic rings. The van der Waals surface area contributed by atoms with Crippen molar-refractivity contribution in [1.82, 2.24) is 0 Å². The lowest BCUT2D eigenvalue weighted by Crippen LogP contribution is -2.14. The number of ether oxygens (including phenoxy) is 1. The molecule has 0 aliphatic rings. The zero-order valence-electron chi connectivity index (χ0n) is 9.99. The van der Waals surface area contributed by atoms with E-state index >= 15 is 0 Å². The number of hydrogen-bond acceptors (Lipinski definition) is 2. The van der Waals surface area contributed by atoms with Crippen molar-refractivity contribution in [1.29, 1.82) is 5.41 Å². The van der Waals surface area contributed by atoms with Crippen LogP contribution in [0.4, 0.5) is 8.78 Å². The Hall–Kier alpha value is -2.43. The first-order valence-electron chi connectivity index (χ1n) is 5.58. The second-order valence-corrected chi connectivity index (χ2v) is 3.91. The molecule has 0 aliphatic heterocycles. The smallest absolute Gasteiger partial charge is 0.200 e. The lowest BCUT2D eigenvalue weighted by Gasteiger charge is -2.10. The third-order valence-corrected chi connectivity index (χ3v) is 2.61. The predicted octanol–water partition coefficient (Wildman–Crippen LogP) is 2.83. The molecule has 0 heterocycles. The van der Waals surface area contributed by atoms with Gasteiger partial charge in [0.1, 0.15) is 12.4 Å². The summed E-state index contributed by atoms with van der Waals surface area (Å²) in [7, 11) is 0. The van der Waals surface area contributed by atoms with Crippen molar-refractivity contribution in [2.45, 2.75) is 6.61 Å². The Morgan fingerprint density at radius 2 is 1.84 bits per heavy atom. The highest BCUT2D eigenvalue weighted by Gasteiger charge is 2.10. The lowest BCUT2D eigenvalue weighted by molar-refractivity contribution is 0.284. The molecule has 0 saturated heterocycles. The van der Waals surface area contributed by atoms with Gasteiger partial charge < -0.3 is 10.5 Å². The van der Waals surface area contributed by atoms with Gasteiger partial charge in [0.2, 0.25) is 5.82 Å². The molecular weight excluding hydrogens is 250 g/mol. The summed E-state index contributed by atoms with van der Waals surface area (Å²) in [5.41, 5.74) is 6.58. The molecule has 0 amide bonds. The Labute approximate surface area is 109 Å². The molecule has 0 unspecified atom stereocenters. The summed E-state index contributed by atoms with van der Waals surface area (Å²) >= 11 is 0. The highest BCUT2D eigenvalue weighted by molar-refractivity contribution is 5.96. The molecule has 0 spiro atoms. The highest BCUT2D eigenvalue weighted by Crippen LogP contribution is 2.21. The van der Waals surface area contributed by atoms with Gasteiger partial charge in [0.05, 0.1) is 0 Å². The first-order valence-corrected chi connectivity index (χ1v) is 5.58. The van der Waals surface area contributed by atoms with Gasteiger partial charge >= 0.3 is 0 Å². The van der Waals surface area contributed by atoms with Gasteiger partial charge in [-0.2, -0.15) is 4.39 Å². The van der Waals surface area contributed by atoms with Crippen molar-refractivity contribution in [3.63, 3.8) is 0 Å². The molecule has 19 heavy (non-hydrogen) atoms. The third kappa shape index (κ3) is 2.88. The number of nitrogens with one attached hydrogen (secondary N) is 1. The number of halogens is 2. The average Bonchev–Trinajstić information content (AvgIpc) is 2.40. The number of benzene rings is 2. The maximum Gasteiger partial charge on any atom is 0.200 e. The van der Waals surface area contributed by atoms with Crippen LogP contribution >= 0.6 is 0 Å². The van der Waals surface area contributed by atoms with Crippen LogP contribution in [0.5, 0.6) is 5.75 Å². The van der Waals surface area contributed by atoms with Gasteiger partial charge in [-0.15, -0.1) is 0 Å². The van der Waals surface area contributed by atoms with Crippen molar-refractivity contribution in [2.75, 3.05) is 0 Å². The van der Waals surface area contributed by atoms with E-state index in [1.807, 2.05) is 0 Å². The van der Waals surface area contributed by atoms with E-state index in [-0.39, 0.29) is 18.2 Å². The van der Waals surface area contributed by atoms with Crippen LogP contribution in [0.3, 0.4) is 0 Å². The summed E-state index contributed by atoms with van der Waals surface area (Å²) in [5.74, 6) is -2.25. The monoisotopic (exact) mass is 262 g/mol. The molecule has 0 atom stereocenters. The largest absolute Gasteiger partial charge is 0.486 e. The Bertz CT molecular complexity index is 614. The van der Waals surface area contributed by atoms with Crippen molar-refractivity contribution >= 4 is 5.84 Å². The van der Waals surface area contributed by atoms with Crippen molar-refractivity contribution < 1.29 is 13.5 Å². The number of nitrogen functional groups attached to an aromatic ring is 1. The second-order valence-electron chi connectivity index (χ2n) is 3.91. The fourth-order valence-corrected chi connectivity index (χ4v) is 1.66. The van der Waals surface area contributed by atoms with Crippen LogP contribution in [0, 0.1) is 17.0 Å². The summed E-state index contributed by atoms with van der Waals surface area (Å²) in [6.07, 6.45) is 0. The van der Waals surface area contributed by atoms with Gasteiger partial charge in [-0.25, -0.2) is 4.39 Å². The molecule has 0 radical (unpaired) electrons. The molecule has 3 nitrogen and oxygen atoms in total. The van der Waals surface area contributed by atoms with Crippen LogP contribution < -0.4 is 10.5 Å². The summed E-state index contributed by atoms with van der Waals surface area (Å²) < 4.78 is 31.6. The standard InChI is InChI=1S/C14H12F2N2O/c15-11-6-3-7-12(13(11)16)19-8-9-4-1-2-5-10(9)14(17)18/h1-7H,8H2,(H3,17,18). The Morgan fingerprint density at radius 1 is 1.11 bits per heavy atom. The summed E-state index contributed by atoms with van der Waals surface area (Å²) in [6.45, 7) is 0.0100. The van der Waals surface area contributed by atoms with Gasteiger partial charge in [-0.3, -0.25) is 5.41 Å². The Kier molecular flexibility index (Phi) is 3.75. The van der Waals surface area contributed by atoms with Crippen molar-refractivity contribution in [3.05, 3.63) is 65.2 Å². The Morgan fingerprint density at radius 3 is 2.58 bits per heavy atom. The van der Waals surface area contributed by atoms with Crippen molar-refractivity contribution in [3.8, 4) is 5.75 Å². The zero-order chi connectivity index (χ0) is 13.8. The highest BCUT2D eigenvalue weighted by atomic mass is 19.2. The first kappa shape index (κ1) is 13.0. The maximum atomic E-state index is 13.4. The SMILES string of the molecule is N=C(N)c1ccccc1COc1cccc(F)c1F. The topological polar surface area (TPSA) is 59.1 Å². The molecule has 0 bridgehead atoms. The van der Waals surface area contributed by atoms with E-state index < -0.39 is 11.6 Å². The molecule has 0 aliphatic carbocycles. The Balaban J connectivity index is 2.19. The molecule has 0 aromatic heterocycles. The van der Waals surface area contributed by atoms with Crippen molar-refractivity contribution in [2.24, 2.45) is 5.73 Å². The van der Waals surface area contributed by atoms with E-state index in [4.69, 9.17) is 15.9 Å². The van der Waals surface area contributed by atoms with Crippen LogP contribution in [0.15, 0.2) is 42.5 Å². The zero-order valence-corrected chi connectivity index (χ0v) is 9.99. The van der Waals surface area contributed by atoms with E-state index in [2.05, 4.69) is 0 Å². The number of rotatable bonds is 4. The normalized spacial score (nSPS) is 10.2. The van der Waals surface area contributed by atoms with E-state index in [0.717, 1.165) is 6.07 Å². The van der Waals surface area contributed by atoms with Gasteiger partial charge in [0, 0.05) is 11.1 Å². The summed E-state index contributed by atoms with van der Waals surface area (Å²) in [5, 5.41) is 7.42. The molecule has 98 valence electrons. The molecule has 0 saturated carbocycles. The summed E-state index contributed by atoms with van der Waals surface area (Å²) in [6, 6.07) is 10.6. The third-order valence-electron chi connectivity index (χ3n) is 2.61. The minimum absolute atomic E-state index is 0.0100. The van der Waals surface area contributed by atoms with Crippen LogP contribution in [-0.2, 0) is 6.61 Å². The van der Waals surface area contributed by atoms with Gasteiger partial charge in [-0.05, 0) is 12.1 Å². The van der Waals surface area contributed by atoms with Crippen LogP contribution in [0.25, 0.3) is 0 Å². The van der Waals surface area contributed by atoms with E-state index in [1.54, 1.807) is 24.3 Å². The van der Waals surface area contributed by atoms with Crippen LogP contribution in [0.2, 0.25) is 0 Å². The minimum atomic E-state index is -1.03. The fourth-order valence-electron chi connectivity index (χ4n) is 1.66. The molecule has 2 rings (SSSR count). The van der Waals surface area contributed by atoms with Gasteiger partial charge in [0.15, 0.2) is 11.6 Å². The molecule has 2 aromatic carbocycles. The molecule has 5 heteroatoms. The number of amidine groups is 1. The fraction of sp³-hybridized carbons (Fsp3) is 0.0714. The first-order chi connectivity index (χ1) is 9.09. The van der Waals surface area contributed by atoms with E-state index in [9.17, 15) is 8.78 Å². The molecule has 0 fully saturated rings. The van der Waals surface area contributed by atoms with Gasteiger partial charge in [0.25, 0.3) is 0 Å². The molecular formula is C14H12F2N2O. The lowest BCUT2D eigenvalue weighted by atomic mass is 10.1. The molecule has 3 N–H and O–H groups in total.